The maximum absolute atomic E-state index is 13.4. The summed E-state index contributed by atoms with van der Waals surface area (Å²) in [7, 11) is 0. The molecule has 0 aliphatic rings. The Labute approximate surface area is 98.2 Å². The fourth-order valence-electron chi connectivity index (χ4n) is 1.20. The van der Waals surface area contributed by atoms with E-state index in [1.807, 2.05) is 0 Å². The number of carbonyl (C=O) groups is 1. The van der Waals surface area contributed by atoms with Gasteiger partial charge in [-0.25, -0.2) is 13.2 Å². The van der Waals surface area contributed by atoms with Crippen LogP contribution in [0.25, 0.3) is 0 Å². The van der Waals surface area contributed by atoms with E-state index in [-0.39, 0.29) is 4.47 Å². The highest BCUT2D eigenvalue weighted by Gasteiger charge is 2.22. The molecule has 16 heavy (non-hydrogen) atoms. The summed E-state index contributed by atoms with van der Waals surface area (Å²) in [5, 5.41) is 8.61. The summed E-state index contributed by atoms with van der Waals surface area (Å²) in [6.07, 6.45) is -0.399. The van der Waals surface area contributed by atoms with E-state index in [2.05, 4.69) is 15.9 Å². The minimum Gasteiger partial charge on any atom is -0.481 e. The summed E-state index contributed by atoms with van der Waals surface area (Å²) in [6, 6.07) is 0.666. The smallest absolute Gasteiger partial charge is 0.306 e. The molecule has 0 saturated heterocycles. The fourth-order valence-corrected chi connectivity index (χ4v) is 1.64. The Morgan fingerprint density at radius 1 is 1.44 bits per heavy atom. The van der Waals surface area contributed by atoms with Crippen molar-refractivity contribution < 1.29 is 23.1 Å². The summed E-state index contributed by atoms with van der Waals surface area (Å²) in [4.78, 5) is 10.5. The quantitative estimate of drug-likeness (QED) is 0.870. The van der Waals surface area contributed by atoms with Crippen LogP contribution in [0.1, 0.15) is 12.5 Å². The Kier molecular flexibility index (Phi) is 3.96. The molecule has 0 radical (unpaired) electrons. The molecule has 0 aliphatic carbocycles. The van der Waals surface area contributed by atoms with E-state index >= 15 is 0 Å². The molecule has 0 amide bonds. The molecule has 0 bridgehead atoms. The van der Waals surface area contributed by atoms with E-state index in [4.69, 9.17) is 5.11 Å². The van der Waals surface area contributed by atoms with Gasteiger partial charge in [-0.1, -0.05) is 6.92 Å². The van der Waals surface area contributed by atoms with E-state index in [0.29, 0.717) is 6.07 Å². The SMILES string of the molecule is CC(Cc1c(F)c(F)cc(Br)c1F)C(=O)O. The highest BCUT2D eigenvalue weighted by Crippen LogP contribution is 2.26. The summed E-state index contributed by atoms with van der Waals surface area (Å²) in [5.41, 5.74) is -0.554. The lowest BCUT2D eigenvalue weighted by Crippen LogP contribution is -2.15. The maximum Gasteiger partial charge on any atom is 0.306 e. The number of rotatable bonds is 3. The van der Waals surface area contributed by atoms with Crippen LogP contribution in [0.2, 0.25) is 0 Å². The Hall–Kier alpha value is -1.04. The summed E-state index contributed by atoms with van der Waals surface area (Å²) < 4.78 is 39.4. The average molecular weight is 297 g/mol. The second-order valence-corrected chi connectivity index (χ2v) is 4.24. The molecule has 1 unspecified atom stereocenters. The molecule has 1 N–H and O–H groups in total. The lowest BCUT2D eigenvalue weighted by atomic mass is 10.0. The first-order chi connectivity index (χ1) is 7.34. The average Bonchev–Trinajstić information content (AvgIpc) is 2.21. The van der Waals surface area contributed by atoms with Crippen molar-refractivity contribution >= 4 is 21.9 Å². The number of benzene rings is 1. The highest BCUT2D eigenvalue weighted by molar-refractivity contribution is 9.10. The van der Waals surface area contributed by atoms with Gasteiger partial charge < -0.3 is 5.11 Å². The number of aliphatic carboxylic acids is 1. The van der Waals surface area contributed by atoms with Gasteiger partial charge in [0.15, 0.2) is 11.6 Å². The van der Waals surface area contributed by atoms with Crippen LogP contribution < -0.4 is 0 Å². The van der Waals surface area contributed by atoms with E-state index in [1.165, 1.54) is 6.92 Å². The van der Waals surface area contributed by atoms with Crippen molar-refractivity contribution in [2.45, 2.75) is 13.3 Å². The zero-order chi connectivity index (χ0) is 12.5. The van der Waals surface area contributed by atoms with E-state index in [0.717, 1.165) is 0 Å². The standard InChI is InChI=1S/C10H8BrF3O2/c1-4(10(15)16)2-5-8(13)6(11)3-7(12)9(5)14/h3-4H,2H2,1H3,(H,15,16). The van der Waals surface area contributed by atoms with Crippen molar-refractivity contribution in [2.75, 3.05) is 0 Å². The van der Waals surface area contributed by atoms with Crippen molar-refractivity contribution in [3.05, 3.63) is 33.6 Å². The van der Waals surface area contributed by atoms with Crippen LogP contribution in [-0.4, -0.2) is 11.1 Å². The highest BCUT2D eigenvalue weighted by atomic mass is 79.9. The minimum absolute atomic E-state index is 0.223. The van der Waals surface area contributed by atoms with Crippen LogP contribution in [-0.2, 0) is 11.2 Å². The van der Waals surface area contributed by atoms with Crippen LogP contribution in [0.5, 0.6) is 0 Å². The summed E-state index contributed by atoms with van der Waals surface area (Å²) in [5.74, 6) is -5.70. The fraction of sp³-hybridized carbons (Fsp3) is 0.300. The Morgan fingerprint density at radius 3 is 2.50 bits per heavy atom. The number of halogens is 4. The third-order valence-corrected chi connectivity index (χ3v) is 2.71. The molecule has 1 rings (SSSR count). The summed E-state index contributed by atoms with van der Waals surface area (Å²) >= 11 is 2.73. The number of hydrogen-bond donors (Lipinski definition) is 1. The topological polar surface area (TPSA) is 37.3 Å². The van der Waals surface area contributed by atoms with Gasteiger partial charge >= 0.3 is 5.97 Å². The predicted molar refractivity (Wildman–Crippen MR) is 54.5 cm³/mol. The molecule has 0 aromatic heterocycles. The molecular formula is C10H8BrF3O2. The maximum atomic E-state index is 13.4. The lowest BCUT2D eigenvalue weighted by Gasteiger charge is -2.10. The van der Waals surface area contributed by atoms with Gasteiger partial charge in [0.2, 0.25) is 0 Å². The number of hydrogen-bond acceptors (Lipinski definition) is 1. The van der Waals surface area contributed by atoms with E-state index in [1.54, 1.807) is 0 Å². The van der Waals surface area contributed by atoms with E-state index < -0.39 is 41.3 Å². The minimum atomic E-state index is -1.34. The van der Waals surface area contributed by atoms with Crippen molar-refractivity contribution in [1.82, 2.24) is 0 Å². The molecule has 1 aromatic carbocycles. The van der Waals surface area contributed by atoms with Gasteiger partial charge in [0.05, 0.1) is 10.4 Å². The molecular weight excluding hydrogens is 289 g/mol. The van der Waals surface area contributed by atoms with Crippen molar-refractivity contribution in [3.63, 3.8) is 0 Å². The summed E-state index contributed by atoms with van der Waals surface area (Å²) in [6.45, 7) is 1.29. The predicted octanol–water partition coefficient (Wildman–Crippen LogP) is 3.13. The van der Waals surface area contributed by atoms with Gasteiger partial charge in [0, 0.05) is 5.56 Å². The molecule has 1 aromatic rings. The monoisotopic (exact) mass is 296 g/mol. The van der Waals surface area contributed by atoms with Gasteiger partial charge in [-0.3, -0.25) is 4.79 Å². The molecule has 88 valence electrons. The van der Waals surface area contributed by atoms with Gasteiger partial charge in [-0.15, -0.1) is 0 Å². The van der Waals surface area contributed by atoms with Crippen LogP contribution in [0, 0.1) is 23.4 Å². The molecule has 0 spiro atoms. The van der Waals surface area contributed by atoms with Crippen molar-refractivity contribution in [2.24, 2.45) is 5.92 Å². The third kappa shape index (κ3) is 2.55. The Morgan fingerprint density at radius 2 is 2.00 bits per heavy atom. The van der Waals surface area contributed by atoms with Crippen molar-refractivity contribution in [1.29, 1.82) is 0 Å². The zero-order valence-electron chi connectivity index (χ0n) is 8.23. The van der Waals surface area contributed by atoms with Crippen LogP contribution in [0.4, 0.5) is 13.2 Å². The second-order valence-electron chi connectivity index (χ2n) is 3.39. The first-order valence-electron chi connectivity index (χ1n) is 4.39. The molecule has 2 nitrogen and oxygen atoms in total. The molecule has 0 fully saturated rings. The van der Waals surface area contributed by atoms with Crippen molar-refractivity contribution in [3.8, 4) is 0 Å². The first kappa shape index (κ1) is 13.0. The van der Waals surface area contributed by atoms with Gasteiger partial charge in [-0.2, -0.15) is 0 Å². The number of carboxylic acid groups (broad SMARTS) is 1. The van der Waals surface area contributed by atoms with E-state index in [9.17, 15) is 18.0 Å². The number of carboxylic acids is 1. The Bertz CT molecular complexity index is 408. The van der Waals surface area contributed by atoms with Gasteiger partial charge in [0.1, 0.15) is 5.82 Å². The third-order valence-electron chi connectivity index (χ3n) is 2.13. The Balaban J connectivity index is 3.17. The molecule has 1 atom stereocenters. The molecule has 0 saturated carbocycles. The van der Waals surface area contributed by atoms with Crippen LogP contribution in [0.3, 0.4) is 0 Å². The molecule has 0 aliphatic heterocycles. The normalized spacial score (nSPS) is 12.6. The zero-order valence-corrected chi connectivity index (χ0v) is 9.82. The van der Waals surface area contributed by atoms with Gasteiger partial charge in [-0.05, 0) is 28.4 Å². The molecule has 0 heterocycles. The van der Waals surface area contributed by atoms with Crippen LogP contribution >= 0.6 is 15.9 Å². The largest absolute Gasteiger partial charge is 0.481 e. The van der Waals surface area contributed by atoms with Crippen LogP contribution in [0.15, 0.2) is 10.5 Å². The van der Waals surface area contributed by atoms with Gasteiger partial charge in [0.25, 0.3) is 0 Å². The molecule has 6 heteroatoms. The first-order valence-corrected chi connectivity index (χ1v) is 5.18. The lowest BCUT2D eigenvalue weighted by molar-refractivity contribution is -0.141. The second kappa shape index (κ2) is 4.86.